The third kappa shape index (κ3) is 2.05. The molecule has 84 valence electrons. The number of rotatable bonds is 3. The number of hydrogen-bond donors (Lipinski definition) is 1. The van der Waals surface area contributed by atoms with Gasteiger partial charge in [0.05, 0.1) is 18.7 Å². The van der Waals surface area contributed by atoms with Gasteiger partial charge in [0.1, 0.15) is 11.6 Å². The van der Waals surface area contributed by atoms with Crippen LogP contribution >= 0.6 is 11.3 Å². The number of hydrogen-bond acceptors (Lipinski definition) is 4. The van der Waals surface area contributed by atoms with Gasteiger partial charge >= 0.3 is 0 Å². The molecular weight excluding hydrogens is 227 g/mol. The first kappa shape index (κ1) is 11.0. The molecule has 2 aromatic rings. The first-order chi connectivity index (χ1) is 7.72. The van der Waals surface area contributed by atoms with Crippen LogP contribution in [0.25, 0.3) is 0 Å². The lowest BCUT2D eigenvalue weighted by Gasteiger charge is -2.11. The Bertz CT molecular complexity index is 473. The summed E-state index contributed by atoms with van der Waals surface area (Å²) in [6.45, 7) is 0. The van der Waals surface area contributed by atoms with E-state index in [9.17, 15) is 4.39 Å². The third-order valence-electron chi connectivity index (χ3n) is 2.30. The highest BCUT2D eigenvalue weighted by atomic mass is 32.1. The zero-order valence-corrected chi connectivity index (χ0v) is 9.50. The number of benzene rings is 1. The Balaban J connectivity index is 2.34. The number of nitrogens with zero attached hydrogens (tertiary/aromatic N) is 1. The van der Waals surface area contributed by atoms with Crippen LogP contribution in [0.2, 0.25) is 0 Å². The number of thiazole rings is 1. The number of nitrogens with two attached hydrogens (primary N) is 1. The van der Waals surface area contributed by atoms with Crippen LogP contribution in [0, 0.1) is 5.82 Å². The highest BCUT2D eigenvalue weighted by Crippen LogP contribution is 2.26. The van der Waals surface area contributed by atoms with Crippen molar-refractivity contribution in [3.05, 3.63) is 46.2 Å². The van der Waals surface area contributed by atoms with Crippen molar-refractivity contribution in [2.45, 2.75) is 6.04 Å². The van der Waals surface area contributed by atoms with Gasteiger partial charge in [-0.2, -0.15) is 0 Å². The van der Waals surface area contributed by atoms with Gasteiger partial charge in [-0.05, 0) is 6.07 Å². The molecule has 0 fully saturated rings. The fourth-order valence-electron chi connectivity index (χ4n) is 1.42. The Labute approximate surface area is 96.7 Å². The van der Waals surface area contributed by atoms with Crippen LogP contribution in [0.15, 0.2) is 29.9 Å². The topological polar surface area (TPSA) is 48.1 Å². The molecule has 0 spiro atoms. The van der Waals surface area contributed by atoms with E-state index in [-0.39, 0.29) is 5.82 Å². The van der Waals surface area contributed by atoms with Crippen LogP contribution in [-0.4, -0.2) is 12.1 Å². The largest absolute Gasteiger partial charge is 0.497 e. The van der Waals surface area contributed by atoms with Crippen molar-refractivity contribution in [2.75, 3.05) is 7.11 Å². The second-order valence-electron chi connectivity index (χ2n) is 3.27. The van der Waals surface area contributed by atoms with E-state index in [0.717, 1.165) is 4.88 Å². The smallest absolute Gasteiger partial charge is 0.132 e. The molecule has 1 unspecified atom stereocenters. The summed E-state index contributed by atoms with van der Waals surface area (Å²) in [4.78, 5) is 4.76. The molecule has 1 heterocycles. The van der Waals surface area contributed by atoms with Crippen LogP contribution in [0.4, 0.5) is 4.39 Å². The minimum atomic E-state index is -0.474. The second kappa shape index (κ2) is 4.59. The molecule has 0 aliphatic carbocycles. The molecule has 0 saturated heterocycles. The van der Waals surface area contributed by atoms with E-state index in [0.29, 0.717) is 11.3 Å². The fraction of sp³-hybridized carbons (Fsp3) is 0.182. The predicted molar refractivity (Wildman–Crippen MR) is 61.1 cm³/mol. The molecule has 0 bridgehead atoms. The van der Waals surface area contributed by atoms with Gasteiger partial charge in [-0.1, -0.05) is 6.07 Å². The van der Waals surface area contributed by atoms with Crippen molar-refractivity contribution in [3.8, 4) is 5.75 Å². The van der Waals surface area contributed by atoms with Crippen LogP contribution < -0.4 is 10.5 Å². The molecule has 0 amide bonds. The summed E-state index contributed by atoms with van der Waals surface area (Å²) in [5.74, 6) is 0.123. The van der Waals surface area contributed by atoms with Gasteiger partial charge in [0.15, 0.2) is 0 Å². The van der Waals surface area contributed by atoms with Crippen LogP contribution in [0.5, 0.6) is 5.75 Å². The first-order valence-corrected chi connectivity index (χ1v) is 5.57. The van der Waals surface area contributed by atoms with Crippen molar-refractivity contribution in [1.82, 2.24) is 4.98 Å². The predicted octanol–water partition coefficient (Wildman–Crippen LogP) is 2.34. The van der Waals surface area contributed by atoms with E-state index in [1.54, 1.807) is 23.8 Å². The second-order valence-corrected chi connectivity index (χ2v) is 4.19. The van der Waals surface area contributed by atoms with Crippen molar-refractivity contribution in [3.63, 3.8) is 0 Å². The standard InChI is InChI=1S/C11H11FN2OS/c1-15-7-2-3-8(9(12)4-7)11(13)10-5-14-6-16-10/h2-6,11H,13H2,1H3. The van der Waals surface area contributed by atoms with Crippen molar-refractivity contribution in [2.24, 2.45) is 5.73 Å². The maximum atomic E-state index is 13.7. The van der Waals surface area contributed by atoms with E-state index >= 15 is 0 Å². The van der Waals surface area contributed by atoms with E-state index in [1.165, 1.54) is 24.5 Å². The van der Waals surface area contributed by atoms with Gasteiger partial charge in [-0.15, -0.1) is 11.3 Å². The van der Waals surface area contributed by atoms with Crippen LogP contribution in [-0.2, 0) is 0 Å². The molecule has 2 rings (SSSR count). The van der Waals surface area contributed by atoms with Crippen LogP contribution in [0.3, 0.4) is 0 Å². The summed E-state index contributed by atoms with van der Waals surface area (Å²) in [7, 11) is 1.50. The summed E-state index contributed by atoms with van der Waals surface area (Å²) >= 11 is 1.41. The fourth-order valence-corrected chi connectivity index (χ4v) is 2.06. The molecular formula is C11H11FN2OS. The van der Waals surface area contributed by atoms with Crippen molar-refractivity contribution < 1.29 is 9.13 Å². The monoisotopic (exact) mass is 238 g/mol. The molecule has 5 heteroatoms. The van der Waals surface area contributed by atoms with Crippen molar-refractivity contribution >= 4 is 11.3 Å². The average Bonchev–Trinajstić information content (AvgIpc) is 2.81. The molecule has 16 heavy (non-hydrogen) atoms. The molecule has 2 N–H and O–H groups in total. The lowest BCUT2D eigenvalue weighted by atomic mass is 10.1. The molecule has 0 saturated carbocycles. The SMILES string of the molecule is COc1ccc(C(N)c2cncs2)c(F)c1. The zero-order valence-electron chi connectivity index (χ0n) is 8.68. The average molecular weight is 238 g/mol. The molecule has 0 radical (unpaired) electrons. The van der Waals surface area contributed by atoms with Gasteiger partial charge in [0.25, 0.3) is 0 Å². The quantitative estimate of drug-likeness (QED) is 0.892. The Morgan fingerprint density at radius 2 is 2.31 bits per heavy atom. The van der Waals surface area contributed by atoms with Gasteiger partial charge in [-0.25, -0.2) is 4.39 Å². The summed E-state index contributed by atoms with van der Waals surface area (Å²) in [5, 5.41) is 0. The van der Waals surface area contributed by atoms with E-state index in [4.69, 9.17) is 10.5 Å². The number of ether oxygens (including phenoxy) is 1. The lowest BCUT2D eigenvalue weighted by molar-refractivity contribution is 0.410. The Morgan fingerprint density at radius 3 is 2.88 bits per heavy atom. The minimum Gasteiger partial charge on any atom is -0.497 e. The molecule has 1 atom stereocenters. The number of methoxy groups -OCH3 is 1. The van der Waals surface area contributed by atoms with Crippen LogP contribution in [0.1, 0.15) is 16.5 Å². The van der Waals surface area contributed by atoms with E-state index in [1.807, 2.05) is 0 Å². The molecule has 3 nitrogen and oxygen atoms in total. The summed E-state index contributed by atoms with van der Waals surface area (Å²) in [6.07, 6.45) is 1.65. The van der Waals surface area contributed by atoms with Gasteiger partial charge < -0.3 is 10.5 Å². The normalized spacial score (nSPS) is 12.4. The highest BCUT2D eigenvalue weighted by molar-refractivity contribution is 7.09. The first-order valence-electron chi connectivity index (χ1n) is 4.69. The zero-order chi connectivity index (χ0) is 11.5. The highest BCUT2D eigenvalue weighted by Gasteiger charge is 2.15. The molecule has 1 aromatic carbocycles. The Kier molecular flexibility index (Phi) is 3.17. The Morgan fingerprint density at radius 1 is 1.50 bits per heavy atom. The van der Waals surface area contributed by atoms with E-state index < -0.39 is 6.04 Å². The maximum absolute atomic E-state index is 13.7. The molecule has 0 aliphatic heterocycles. The lowest BCUT2D eigenvalue weighted by Crippen LogP contribution is -2.12. The summed E-state index contributed by atoms with van der Waals surface area (Å²) < 4.78 is 18.6. The van der Waals surface area contributed by atoms with Gasteiger partial charge in [-0.3, -0.25) is 4.98 Å². The minimum absolute atomic E-state index is 0.361. The van der Waals surface area contributed by atoms with Crippen molar-refractivity contribution in [1.29, 1.82) is 0 Å². The number of halogens is 1. The third-order valence-corrected chi connectivity index (χ3v) is 3.16. The summed E-state index contributed by atoms with van der Waals surface area (Å²) in [5.41, 5.74) is 8.07. The molecule has 0 aliphatic rings. The number of aromatic nitrogens is 1. The molecule has 1 aromatic heterocycles. The Hall–Kier alpha value is -1.46. The van der Waals surface area contributed by atoms with Gasteiger partial charge in [0.2, 0.25) is 0 Å². The summed E-state index contributed by atoms with van der Waals surface area (Å²) in [6, 6.07) is 4.19. The maximum Gasteiger partial charge on any atom is 0.132 e. The van der Waals surface area contributed by atoms with E-state index in [2.05, 4.69) is 4.98 Å². The van der Waals surface area contributed by atoms with Gasteiger partial charge in [0, 0.05) is 22.7 Å².